The molecular weight excluding hydrogens is 352 g/mol. The number of nitrogens with one attached hydrogen (secondary N) is 1. The smallest absolute Gasteiger partial charge is 0.334 e. The number of carbonyl (C=O) groups excluding carboxylic acids is 5. The van der Waals surface area contributed by atoms with Crippen molar-refractivity contribution < 1.29 is 24.0 Å². The molecule has 0 radical (unpaired) electrons. The highest BCUT2D eigenvalue weighted by Crippen LogP contribution is 2.31. The van der Waals surface area contributed by atoms with Gasteiger partial charge in [0.25, 0.3) is 0 Å². The summed E-state index contributed by atoms with van der Waals surface area (Å²) in [5.41, 5.74) is 0. The molecule has 3 fully saturated rings. The van der Waals surface area contributed by atoms with Gasteiger partial charge < -0.3 is 10.2 Å². The number of amides is 6. The number of hydrogen-bond acceptors (Lipinski definition) is 5. The zero-order chi connectivity index (χ0) is 19.7. The Morgan fingerprint density at radius 3 is 2.37 bits per heavy atom. The SMILES string of the molecule is C[C@H]1CCCC[C@@H]1N1C(=O)C(=O)N(CC(=O)N(C)CC(=O)NC2CC2)C1=O. The van der Waals surface area contributed by atoms with E-state index in [1.807, 2.05) is 6.92 Å². The third-order valence-electron chi connectivity index (χ3n) is 5.52. The van der Waals surface area contributed by atoms with Crippen molar-refractivity contribution in [3.8, 4) is 0 Å². The summed E-state index contributed by atoms with van der Waals surface area (Å²) in [6.45, 7) is 1.28. The van der Waals surface area contributed by atoms with Gasteiger partial charge in [-0.1, -0.05) is 19.8 Å². The molecule has 1 saturated heterocycles. The molecule has 27 heavy (non-hydrogen) atoms. The van der Waals surface area contributed by atoms with Crippen molar-refractivity contribution in [2.75, 3.05) is 20.1 Å². The third-order valence-corrected chi connectivity index (χ3v) is 5.52. The van der Waals surface area contributed by atoms with Crippen molar-refractivity contribution >= 4 is 29.7 Å². The fourth-order valence-corrected chi connectivity index (χ4v) is 3.69. The molecule has 0 aromatic heterocycles. The molecule has 2 atom stereocenters. The van der Waals surface area contributed by atoms with Crippen LogP contribution < -0.4 is 5.32 Å². The van der Waals surface area contributed by atoms with Crippen LogP contribution in [0.1, 0.15) is 45.4 Å². The molecule has 1 N–H and O–H groups in total. The van der Waals surface area contributed by atoms with E-state index in [1.54, 1.807) is 0 Å². The largest absolute Gasteiger partial charge is 0.352 e. The minimum atomic E-state index is -0.970. The number of urea groups is 1. The van der Waals surface area contributed by atoms with Gasteiger partial charge in [0.15, 0.2) is 0 Å². The number of carbonyl (C=O) groups is 5. The average Bonchev–Trinajstić information content (AvgIpc) is 3.40. The maximum atomic E-state index is 12.7. The topological polar surface area (TPSA) is 107 Å². The van der Waals surface area contributed by atoms with Crippen LogP contribution in [0.15, 0.2) is 0 Å². The molecule has 9 nitrogen and oxygen atoms in total. The van der Waals surface area contributed by atoms with Gasteiger partial charge in [0.2, 0.25) is 11.8 Å². The first-order valence-electron chi connectivity index (χ1n) is 9.52. The molecule has 2 aliphatic carbocycles. The van der Waals surface area contributed by atoms with Crippen LogP contribution >= 0.6 is 0 Å². The lowest BCUT2D eigenvalue weighted by Crippen LogP contribution is -2.48. The van der Waals surface area contributed by atoms with Crippen molar-refractivity contribution in [3.05, 3.63) is 0 Å². The predicted octanol–water partition coefficient (Wildman–Crippen LogP) is 0.0929. The van der Waals surface area contributed by atoms with Gasteiger partial charge in [-0.05, 0) is 31.6 Å². The molecule has 0 bridgehead atoms. The van der Waals surface area contributed by atoms with Crippen molar-refractivity contribution in [1.29, 1.82) is 0 Å². The molecule has 148 valence electrons. The fraction of sp³-hybridized carbons (Fsp3) is 0.722. The summed E-state index contributed by atoms with van der Waals surface area (Å²) in [4.78, 5) is 64.3. The molecule has 6 amide bonds. The van der Waals surface area contributed by atoms with Gasteiger partial charge in [-0.15, -0.1) is 0 Å². The van der Waals surface area contributed by atoms with Crippen LogP contribution in [0, 0.1) is 5.92 Å². The minimum absolute atomic E-state index is 0.129. The van der Waals surface area contributed by atoms with Gasteiger partial charge in [0, 0.05) is 19.1 Å². The highest BCUT2D eigenvalue weighted by Gasteiger charge is 2.49. The molecule has 9 heteroatoms. The lowest BCUT2D eigenvalue weighted by atomic mass is 9.85. The molecular formula is C18H26N4O5. The van der Waals surface area contributed by atoms with Crippen LogP contribution in [-0.4, -0.2) is 76.6 Å². The summed E-state index contributed by atoms with van der Waals surface area (Å²) >= 11 is 0. The van der Waals surface area contributed by atoms with E-state index in [4.69, 9.17) is 0 Å². The van der Waals surface area contributed by atoms with Crippen molar-refractivity contribution in [3.63, 3.8) is 0 Å². The van der Waals surface area contributed by atoms with E-state index < -0.39 is 30.3 Å². The maximum Gasteiger partial charge on any atom is 0.334 e. The van der Waals surface area contributed by atoms with Gasteiger partial charge in [0.05, 0.1) is 6.54 Å². The van der Waals surface area contributed by atoms with Crippen LogP contribution in [0.25, 0.3) is 0 Å². The van der Waals surface area contributed by atoms with E-state index in [2.05, 4.69) is 5.32 Å². The summed E-state index contributed by atoms with van der Waals surface area (Å²) in [5, 5.41) is 2.77. The minimum Gasteiger partial charge on any atom is -0.352 e. The van der Waals surface area contributed by atoms with E-state index in [0.717, 1.165) is 41.9 Å². The first-order valence-corrected chi connectivity index (χ1v) is 9.52. The van der Waals surface area contributed by atoms with Crippen LogP contribution in [0.5, 0.6) is 0 Å². The van der Waals surface area contributed by atoms with Gasteiger partial charge in [-0.2, -0.15) is 0 Å². The average molecular weight is 378 g/mol. The molecule has 3 aliphatic rings. The van der Waals surface area contributed by atoms with Crippen LogP contribution in [0.2, 0.25) is 0 Å². The highest BCUT2D eigenvalue weighted by atomic mass is 16.2. The number of imide groups is 2. The van der Waals surface area contributed by atoms with Crippen LogP contribution in [-0.2, 0) is 19.2 Å². The van der Waals surface area contributed by atoms with Crippen molar-refractivity contribution in [1.82, 2.24) is 20.0 Å². The van der Waals surface area contributed by atoms with Crippen molar-refractivity contribution in [2.24, 2.45) is 5.92 Å². The van der Waals surface area contributed by atoms with E-state index in [-0.39, 0.29) is 30.5 Å². The third kappa shape index (κ3) is 4.12. The molecule has 0 aromatic rings. The van der Waals surface area contributed by atoms with E-state index in [1.165, 1.54) is 7.05 Å². The first-order chi connectivity index (χ1) is 12.8. The Bertz CT molecular complexity index is 675. The lowest BCUT2D eigenvalue weighted by Gasteiger charge is -2.34. The molecule has 1 heterocycles. The van der Waals surface area contributed by atoms with Crippen molar-refractivity contribution in [2.45, 2.75) is 57.5 Å². The Morgan fingerprint density at radius 2 is 1.74 bits per heavy atom. The maximum absolute atomic E-state index is 12.7. The standard InChI is InChI=1S/C18H26N4O5/c1-11-5-3-4-6-13(11)22-17(26)16(25)21(18(22)27)10-15(24)20(2)9-14(23)19-12-7-8-12/h11-13H,3-10H2,1-2H3,(H,19,23)/t11-,13-/m0/s1. The first kappa shape index (κ1) is 19.3. The highest BCUT2D eigenvalue weighted by molar-refractivity contribution is 6.45. The monoisotopic (exact) mass is 378 g/mol. The zero-order valence-corrected chi connectivity index (χ0v) is 15.8. The Morgan fingerprint density at radius 1 is 1.07 bits per heavy atom. The number of nitrogens with zero attached hydrogens (tertiary/aromatic N) is 3. The normalized spacial score (nSPS) is 25.8. The van der Waals surface area contributed by atoms with E-state index in [0.29, 0.717) is 11.3 Å². The summed E-state index contributed by atoms with van der Waals surface area (Å²) in [6.07, 6.45) is 5.40. The molecule has 1 aliphatic heterocycles. The second kappa shape index (κ2) is 7.66. The number of likely N-dealkylation sites (N-methyl/N-ethyl adjacent to an activating group) is 1. The molecule has 2 saturated carbocycles. The summed E-state index contributed by atoms with van der Waals surface area (Å²) in [7, 11) is 1.43. The number of rotatable bonds is 6. The van der Waals surface area contributed by atoms with E-state index >= 15 is 0 Å². The Hall–Kier alpha value is -2.45. The van der Waals surface area contributed by atoms with Crippen LogP contribution in [0.3, 0.4) is 0 Å². The zero-order valence-electron chi connectivity index (χ0n) is 15.8. The number of hydrogen-bond donors (Lipinski definition) is 1. The van der Waals surface area contributed by atoms with Gasteiger partial charge in [0.1, 0.15) is 6.54 Å². The van der Waals surface area contributed by atoms with Crippen LogP contribution in [0.4, 0.5) is 4.79 Å². The lowest BCUT2D eigenvalue weighted by molar-refractivity contribution is -0.146. The predicted molar refractivity (Wildman–Crippen MR) is 94.2 cm³/mol. The quantitative estimate of drug-likeness (QED) is 0.521. The summed E-state index contributed by atoms with van der Waals surface area (Å²) < 4.78 is 0. The summed E-state index contributed by atoms with van der Waals surface area (Å²) in [6, 6.07) is -0.843. The molecule has 0 unspecified atom stereocenters. The molecule has 0 aromatic carbocycles. The summed E-state index contributed by atoms with van der Waals surface area (Å²) in [5.74, 6) is -2.54. The Kier molecular flexibility index (Phi) is 5.48. The second-order valence-corrected chi connectivity index (χ2v) is 7.77. The van der Waals surface area contributed by atoms with Gasteiger partial charge in [-0.25, -0.2) is 9.69 Å². The van der Waals surface area contributed by atoms with E-state index in [9.17, 15) is 24.0 Å². The van der Waals surface area contributed by atoms with Gasteiger partial charge >= 0.3 is 17.8 Å². The Labute approximate surface area is 158 Å². The Balaban J connectivity index is 1.61. The fourth-order valence-electron chi connectivity index (χ4n) is 3.69. The molecule has 0 spiro atoms. The molecule has 3 rings (SSSR count). The second-order valence-electron chi connectivity index (χ2n) is 7.77. The van der Waals surface area contributed by atoms with Gasteiger partial charge in [-0.3, -0.25) is 24.1 Å².